The summed E-state index contributed by atoms with van der Waals surface area (Å²) in [6.45, 7) is 2.44. The number of carbonyl (C=O) groups excluding carboxylic acids is 1. The highest BCUT2D eigenvalue weighted by Gasteiger charge is 2.16. The van der Waals surface area contributed by atoms with Gasteiger partial charge >= 0.3 is 5.97 Å². The molecule has 1 fully saturated rings. The predicted molar refractivity (Wildman–Crippen MR) is 75.5 cm³/mol. The molecule has 0 saturated carbocycles. The van der Waals surface area contributed by atoms with Crippen molar-refractivity contribution in [3.05, 3.63) is 35.4 Å². The highest BCUT2D eigenvalue weighted by atomic mass is 16.4. The number of carboxylic acid groups (broad SMARTS) is 1. The van der Waals surface area contributed by atoms with Gasteiger partial charge in [0, 0.05) is 13.0 Å². The van der Waals surface area contributed by atoms with E-state index < -0.39 is 5.97 Å². The minimum atomic E-state index is -0.938. The second-order valence-corrected chi connectivity index (χ2v) is 5.18. The molecule has 2 rings (SSSR count). The summed E-state index contributed by atoms with van der Waals surface area (Å²) in [7, 11) is 0. The Hall–Kier alpha value is -1.88. The predicted octanol–water partition coefficient (Wildman–Crippen LogP) is 1.39. The molecule has 1 heterocycles. The number of aromatic carboxylic acids is 1. The molecular formula is C15H20N2O3. The zero-order valence-corrected chi connectivity index (χ0v) is 11.4. The smallest absolute Gasteiger partial charge is 0.335 e. The van der Waals surface area contributed by atoms with Crippen LogP contribution in [0.3, 0.4) is 0 Å². The Morgan fingerprint density at radius 1 is 1.20 bits per heavy atom. The Morgan fingerprint density at radius 3 is 2.45 bits per heavy atom. The molecule has 108 valence electrons. The van der Waals surface area contributed by atoms with Gasteiger partial charge in [0.1, 0.15) is 0 Å². The molecular weight excluding hydrogens is 256 g/mol. The summed E-state index contributed by atoms with van der Waals surface area (Å²) in [5, 5.41) is 15.0. The standard InChI is InChI=1S/C15H20N2O3/c18-14(9-11-5-7-16-8-6-11)17-10-12-1-3-13(4-2-12)15(19)20/h1-4,11,16H,5-10H2,(H,17,18)(H,19,20). The maximum atomic E-state index is 11.8. The van der Waals surface area contributed by atoms with Gasteiger partial charge in [-0.25, -0.2) is 4.79 Å². The molecule has 3 N–H and O–H groups in total. The number of carboxylic acids is 1. The molecule has 20 heavy (non-hydrogen) atoms. The fourth-order valence-corrected chi connectivity index (χ4v) is 2.39. The van der Waals surface area contributed by atoms with Crippen molar-refractivity contribution in [2.75, 3.05) is 13.1 Å². The van der Waals surface area contributed by atoms with Crippen LogP contribution >= 0.6 is 0 Å². The molecule has 0 aliphatic carbocycles. The highest BCUT2D eigenvalue weighted by molar-refractivity contribution is 5.87. The van der Waals surface area contributed by atoms with Crippen LogP contribution in [0.2, 0.25) is 0 Å². The van der Waals surface area contributed by atoms with Crippen molar-refractivity contribution in [3.63, 3.8) is 0 Å². The zero-order chi connectivity index (χ0) is 14.4. The number of nitrogens with one attached hydrogen (secondary N) is 2. The van der Waals surface area contributed by atoms with E-state index in [0.29, 0.717) is 18.9 Å². The molecule has 0 unspecified atom stereocenters. The Labute approximate surface area is 118 Å². The quantitative estimate of drug-likeness (QED) is 0.759. The van der Waals surface area contributed by atoms with Crippen LogP contribution in [-0.2, 0) is 11.3 Å². The van der Waals surface area contributed by atoms with Crippen LogP contribution in [0.1, 0.15) is 35.2 Å². The van der Waals surface area contributed by atoms with Crippen molar-refractivity contribution in [2.45, 2.75) is 25.8 Å². The molecule has 5 heteroatoms. The number of piperidine rings is 1. The minimum Gasteiger partial charge on any atom is -0.478 e. The molecule has 1 amide bonds. The van der Waals surface area contributed by atoms with E-state index in [1.165, 1.54) is 0 Å². The van der Waals surface area contributed by atoms with Crippen molar-refractivity contribution < 1.29 is 14.7 Å². The summed E-state index contributed by atoms with van der Waals surface area (Å²) < 4.78 is 0. The Morgan fingerprint density at radius 2 is 1.85 bits per heavy atom. The first-order valence-corrected chi connectivity index (χ1v) is 6.95. The lowest BCUT2D eigenvalue weighted by Gasteiger charge is -2.21. The third-order valence-electron chi connectivity index (χ3n) is 3.62. The minimum absolute atomic E-state index is 0.0687. The first-order valence-electron chi connectivity index (χ1n) is 6.95. The van der Waals surface area contributed by atoms with Crippen LogP contribution in [0, 0.1) is 5.92 Å². The SMILES string of the molecule is O=C(CC1CCNCC1)NCc1ccc(C(=O)O)cc1. The van der Waals surface area contributed by atoms with Crippen LogP contribution < -0.4 is 10.6 Å². The van der Waals surface area contributed by atoms with Gasteiger partial charge in [-0.05, 0) is 49.5 Å². The van der Waals surface area contributed by atoms with Crippen molar-refractivity contribution in [1.82, 2.24) is 10.6 Å². The number of rotatable bonds is 5. The Balaban J connectivity index is 1.76. The zero-order valence-electron chi connectivity index (χ0n) is 11.4. The van der Waals surface area contributed by atoms with E-state index in [0.717, 1.165) is 31.5 Å². The number of hydrogen-bond donors (Lipinski definition) is 3. The summed E-state index contributed by atoms with van der Waals surface area (Å²) in [6.07, 6.45) is 2.69. The third kappa shape index (κ3) is 4.35. The molecule has 0 atom stereocenters. The van der Waals surface area contributed by atoms with Gasteiger partial charge in [0.25, 0.3) is 0 Å². The molecule has 1 aliphatic heterocycles. The summed E-state index contributed by atoms with van der Waals surface area (Å²) in [6, 6.07) is 6.57. The molecule has 1 aromatic rings. The van der Waals surface area contributed by atoms with Gasteiger partial charge < -0.3 is 15.7 Å². The van der Waals surface area contributed by atoms with Gasteiger partial charge in [0.05, 0.1) is 5.56 Å². The highest BCUT2D eigenvalue weighted by Crippen LogP contribution is 2.15. The number of amides is 1. The normalized spacial score (nSPS) is 15.8. The van der Waals surface area contributed by atoms with Gasteiger partial charge in [-0.1, -0.05) is 12.1 Å². The lowest BCUT2D eigenvalue weighted by molar-refractivity contribution is -0.122. The maximum absolute atomic E-state index is 11.8. The summed E-state index contributed by atoms with van der Waals surface area (Å²) in [4.78, 5) is 22.6. The molecule has 1 aliphatic rings. The van der Waals surface area contributed by atoms with E-state index in [9.17, 15) is 9.59 Å². The van der Waals surface area contributed by atoms with Gasteiger partial charge in [0.2, 0.25) is 5.91 Å². The molecule has 0 radical (unpaired) electrons. The number of benzene rings is 1. The van der Waals surface area contributed by atoms with E-state index in [4.69, 9.17) is 5.11 Å². The first-order chi connectivity index (χ1) is 9.65. The lowest BCUT2D eigenvalue weighted by atomic mass is 9.94. The lowest BCUT2D eigenvalue weighted by Crippen LogP contribution is -2.32. The third-order valence-corrected chi connectivity index (χ3v) is 3.62. The fraction of sp³-hybridized carbons (Fsp3) is 0.467. The van der Waals surface area contributed by atoms with Crippen LogP contribution in [0.25, 0.3) is 0 Å². The van der Waals surface area contributed by atoms with Crippen molar-refractivity contribution in [1.29, 1.82) is 0 Å². The van der Waals surface area contributed by atoms with Crippen molar-refractivity contribution >= 4 is 11.9 Å². The van der Waals surface area contributed by atoms with Crippen LogP contribution in [0.5, 0.6) is 0 Å². The molecule has 5 nitrogen and oxygen atoms in total. The molecule has 0 spiro atoms. The monoisotopic (exact) mass is 276 g/mol. The average Bonchev–Trinajstić information content (AvgIpc) is 2.46. The van der Waals surface area contributed by atoms with Crippen LogP contribution in [0.4, 0.5) is 0 Å². The molecule has 1 saturated heterocycles. The summed E-state index contributed by atoms with van der Waals surface area (Å²) >= 11 is 0. The summed E-state index contributed by atoms with van der Waals surface area (Å²) in [5.74, 6) is -0.392. The van der Waals surface area contributed by atoms with Gasteiger partial charge in [-0.3, -0.25) is 4.79 Å². The van der Waals surface area contributed by atoms with Crippen molar-refractivity contribution in [2.24, 2.45) is 5.92 Å². The van der Waals surface area contributed by atoms with Crippen molar-refractivity contribution in [3.8, 4) is 0 Å². The first kappa shape index (κ1) is 14.5. The van der Waals surface area contributed by atoms with Gasteiger partial charge in [0.15, 0.2) is 0 Å². The Kier molecular flexibility index (Phi) is 5.12. The van der Waals surface area contributed by atoms with Crippen LogP contribution in [-0.4, -0.2) is 30.1 Å². The second-order valence-electron chi connectivity index (χ2n) is 5.18. The van der Waals surface area contributed by atoms with E-state index >= 15 is 0 Å². The second kappa shape index (κ2) is 7.05. The molecule has 0 aromatic heterocycles. The summed E-state index contributed by atoms with van der Waals surface area (Å²) in [5.41, 5.74) is 1.17. The topological polar surface area (TPSA) is 78.4 Å². The van der Waals surface area contributed by atoms with E-state index in [-0.39, 0.29) is 11.5 Å². The van der Waals surface area contributed by atoms with Gasteiger partial charge in [-0.2, -0.15) is 0 Å². The number of carbonyl (C=O) groups is 2. The molecule has 0 bridgehead atoms. The largest absolute Gasteiger partial charge is 0.478 e. The van der Waals surface area contributed by atoms with E-state index in [2.05, 4.69) is 10.6 Å². The number of hydrogen-bond acceptors (Lipinski definition) is 3. The van der Waals surface area contributed by atoms with E-state index in [1.807, 2.05) is 0 Å². The maximum Gasteiger partial charge on any atom is 0.335 e. The Bertz CT molecular complexity index is 465. The van der Waals surface area contributed by atoms with Crippen LogP contribution in [0.15, 0.2) is 24.3 Å². The van der Waals surface area contributed by atoms with E-state index in [1.54, 1.807) is 24.3 Å². The van der Waals surface area contributed by atoms with Gasteiger partial charge in [-0.15, -0.1) is 0 Å². The fourth-order valence-electron chi connectivity index (χ4n) is 2.39. The molecule has 1 aromatic carbocycles. The average molecular weight is 276 g/mol.